The van der Waals surface area contributed by atoms with Crippen LogP contribution in [0.2, 0.25) is 0 Å². The largest absolute Gasteiger partial charge is 0.489 e. The molecule has 0 unspecified atom stereocenters. The molecule has 130 valence electrons. The predicted octanol–water partition coefficient (Wildman–Crippen LogP) is 4.09. The van der Waals surface area contributed by atoms with E-state index in [2.05, 4.69) is 10.3 Å². The first kappa shape index (κ1) is 20.3. The minimum atomic E-state index is -0.0806. The summed E-state index contributed by atoms with van der Waals surface area (Å²) in [4.78, 5) is 4.35. The van der Waals surface area contributed by atoms with Crippen molar-refractivity contribution in [2.24, 2.45) is 10.7 Å². The molecule has 4 nitrogen and oxygen atoms in total. The van der Waals surface area contributed by atoms with Crippen molar-refractivity contribution in [3.05, 3.63) is 65.7 Å². The van der Waals surface area contributed by atoms with E-state index in [0.717, 1.165) is 16.9 Å². The molecule has 2 rings (SSSR count). The molecule has 0 saturated heterocycles. The summed E-state index contributed by atoms with van der Waals surface area (Å²) in [6.07, 6.45) is 0. The van der Waals surface area contributed by atoms with Crippen molar-refractivity contribution in [3.8, 4) is 5.75 Å². The minimum Gasteiger partial charge on any atom is -0.489 e. The van der Waals surface area contributed by atoms with Gasteiger partial charge in [-0.1, -0.05) is 42.5 Å². The number of guanidine groups is 1. The quantitative estimate of drug-likeness (QED) is 0.419. The zero-order valence-electron chi connectivity index (χ0n) is 14.5. The molecule has 0 amide bonds. The van der Waals surface area contributed by atoms with Gasteiger partial charge >= 0.3 is 0 Å². The standard InChI is InChI=1S/C19H25N3O.HI/c1-19(2,3)22-18(20)21-13-15-9-11-17(12-10-15)23-14-16-7-5-4-6-8-16;/h4-12H,13-14H2,1-3H3,(H3,20,21,22);1H. The first-order chi connectivity index (χ1) is 10.9. The third-order valence-electron chi connectivity index (χ3n) is 3.11. The lowest BCUT2D eigenvalue weighted by atomic mass is 10.1. The van der Waals surface area contributed by atoms with Crippen LogP contribution in [-0.4, -0.2) is 11.5 Å². The molecular weight excluding hydrogens is 413 g/mol. The maximum Gasteiger partial charge on any atom is 0.189 e. The van der Waals surface area contributed by atoms with E-state index in [9.17, 15) is 0 Å². The van der Waals surface area contributed by atoms with Crippen LogP contribution < -0.4 is 15.8 Å². The molecule has 0 bridgehead atoms. The number of benzene rings is 2. The van der Waals surface area contributed by atoms with Crippen LogP contribution in [0.3, 0.4) is 0 Å². The fourth-order valence-electron chi connectivity index (χ4n) is 2.03. The Morgan fingerprint density at radius 1 is 1.00 bits per heavy atom. The van der Waals surface area contributed by atoms with Gasteiger partial charge in [-0.05, 0) is 44.0 Å². The fourth-order valence-corrected chi connectivity index (χ4v) is 2.03. The van der Waals surface area contributed by atoms with E-state index in [-0.39, 0.29) is 29.5 Å². The lowest BCUT2D eigenvalue weighted by Crippen LogP contribution is -2.44. The first-order valence-electron chi connectivity index (χ1n) is 7.76. The van der Waals surface area contributed by atoms with Gasteiger partial charge in [-0.25, -0.2) is 4.99 Å². The highest BCUT2D eigenvalue weighted by Crippen LogP contribution is 2.14. The summed E-state index contributed by atoms with van der Waals surface area (Å²) < 4.78 is 5.77. The lowest BCUT2D eigenvalue weighted by molar-refractivity contribution is 0.306. The highest BCUT2D eigenvalue weighted by molar-refractivity contribution is 14.0. The van der Waals surface area contributed by atoms with Gasteiger partial charge < -0.3 is 15.8 Å². The van der Waals surface area contributed by atoms with Crippen molar-refractivity contribution in [3.63, 3.8) is 0 Å². The number of nitrogens with zero attached hydrogens (tertiary/aromatic N) is 1. The van der Waals surface area contributed by atoms with Crippen LogP contribution in [0.15, 0.2) is 59.6 Å². The second kappa shape index (κ2) is 9.52. The summed E-state index contributed by atoms with van der Waals surface area (Å²) in [5.74, 6) is 1.31. The number of hydrogen-bond donors (Lipinski definition) is 2. The van der Waals surface area contributed by atoms with Crippen molar-refractivity contribution < 1.29 is 4.74 Å². The van der Waals surface area contributed by atoms with Gasteiger partial charge in [0, 0.05) is 5.54 Å². The first-order valence-corrected chi connectivity index (χ1v) is 7.76. The Balaban J connectivity index is 0.00000288. The van der Waals surface area contributed by atoms with Gasteiger partial charge in [0.05, 0.1) is 6.54 Å². The Kier molecular flexibility index (Phi) is 8.04. The van der Waals surface area contributed by atoms with Gasteiger partial charge in [0.25, 0.3) is 0 Å². The predicted molar refractivity (Wildman–Crippen MR) is 111 cm³/mol. The number of halogens is 1. The molecule has 3 N–H and O–H groups in total. The van der Waals surface area contributed by atoms with Gasteiger partial charge in [0.1, 0.15) is 12.4 Å². The SMILES string of the molecule is CC(C)(C)NC(N)=NCc1ccc(OCc2ccccc2)cc1.I. The molecule has 2 aromatic rings. The van der Waals surface area contributed by atoms with Crippen LogP contribution in [0.25, 0.3) is 0 Å². The van der Waals surface area contributed by atoms with E-state index in [1.807, 2.05) is 75.4 Å². The number of nitrogens with two attached hydrogens (primary N) is 1. The van der Waals surface area contributed by atoms with Gasteiger partial charge in [-0.15, -0.1) is 24.0 Å². The third kappa shape index (κ3) is 7.68. The van der Waals surface area contributed by atoms with Crippen LogP contribution in [0.1, 0.15) is 31.9 Å². The summed E-state index contributed by atoms with van der Waals surface area (Å²) in [6, 6.07) is 18.1. The van der Waals surface area contributed by atoms with Gasteiger partial charge in [0.2, 0.25) is 0 Å². The van der Waals surface area contributed by atoms with Crippen LogP contribution >= 0.6 is 24.0 Å². The number of ether oxygens (including phenoxy) is 1. The molecule has 0 aliphatic carbocycles. The van der Waals surface area contributed by atoms with Gasteiger partial charge in [-0.3, -0.25) is 0 Å². The van der Waals surface area contributed by atoms with Crippen LogP contribution in [0.5, 0.6) is 5.75 Å². The van der Waals surface area contributed by atoms with E-state index < -0.39 is 0 Å². The molecule has 0 aromatic heterocycles. The average molecular weight is 439 g/mol. The number of hydrogen-bond acceptors (Lipinski definition) is 2. The second-order valence-electron chi connectivity index (χ2n) is 6.49. The Morgan fingerprint density at radius 3 is 2.21 bits per heavy atom. The zero-order chi connectivity index (χ0) is 16.7. The Morgan fingerprint density at radius 2 is 1.62 bits per heavy atom. The number of aliphatic imine (C=N–C) groups is 1. The monoisotopic (exact) mass is 439 g/mol. The molecule has 2 aromatic carbocycles. The summed E-state index contributed by atoms with van der Waals surface area (Å²) in [5, 5.41) is 3.14. The maximum atomic E-state index is 5.86. The fraction of sp³-hybridized carbons (Fsp3) is 0.316. The summed E-state index contributed by atoms with van der Waals surface area (Å²) in [6.45, 7) is 7.27. The number of nitrogens with one attached hydrogen (secondary N) is 1. The molecule has 0 aliphatic heterocycles. The molecular formula is C19H26IN3O. The van der Waals surface area contributed by atoms with Crippen molar-refractivity contribution in [2.75, 3.05) is 0 Å². The Bertz CT molecular complexity index is 634. The van der Waals surface area contributed by atoms with E-state index >= 15 is 0 Å². The molecule has 0 heterocycles. The molecule has 24 heavy (non-hydrogen) atoms. The lowest BCUT2D eigenvalue weighted by Gasteiger charge is -2.20. The van der Waals surface area contributed by atoms with Crippen molar-refractivity contribution in [1.82, 2.24) is 5.32 Å². The Hall–Kier alpha value is -1.76. The highest BCUT2D eigenvalue weighted by atomic mass is 127. The smallest absolute Gasteiger partial charge is 0.189 e. The molecule has 0 radical (unpaired) electrons. The second-order valence-corrected chi connectivity index (χ2v) is 6.49. The van der Waals surface area contributed by atoms with E-state index in [1.54, 1.807) is 0 Å². The average Bonchev–Trinajstić information content (AvgIpc) is 2.51. The summed E-state index contributed by atoms with van der Waals surface area (Å²) in [5.41, 5.74) is 8.03. The third-order valence-corrected chi connectivity index (χ3v) is 3.11. The summed E-state index contributed by atoms with van der Waals surface area (Å²) in [7, 11) is 0. The molecule has 0 atom stereocenters. The van der Waals surface area contributed by atoms with E-state index in [4.69, 9.17) is 10.5 Å². The van der Waals surface area contributed by atoms with Crippen LogP contribution in [0, 0.1) is 0 Å². The van der Waals surface area contributed by atoms with Crippen LogP contribution in [0.4, 0.5) is 0 Å². The summed E-state index contributed by atoms with van der Waals surface area (Å²) >= 11 is 0. The zero-order valence-corrected chi connectivity index (χ0v) is 16.8. The van der Waals surface area contributed by atoms with Gasteiger partial charge in [0.15, 0.2) is 5.96 Å². The van der Waals surface area contributed by atoms with Crippen LogP contribution in [-0.2, 0) is 13.2 Å². The minimum absolute atomic E-state index is 0. The van der Waals surface area contributed by atoms with Crippen molar-refractivity contribution in [2.45, 2.75) is 39.5 Å². The molecule has 0 saturated carbocycles. The van der Waals surface area contributed by atoms with Crippen molar-refractivity contribution in [1.29, 1.82) is 0 Å². The van der Waals surface area contributed by atoms with E-state index in [1.165, 1.54) is 0 Å². The Labute approximate surface area is 161 Å². The molecule has 0 fully saturated rings. The molecule has 5 heteroatoms. The van der Waals surface area contributed by atoms with E-state index in [0.29, 0.717) is 19.1 Å². The topological polar surface area (TPSA) is 59.6 Å². The molecule has 0 spiro atoms. The van der Waals surface area contributed by atoms with Crippen molar-refractivity contribution >= 4 is 29.9 Å². The normalized spacial score (nSPS) is 11.5. The maximum absolute atomic E-state index is 5.86. The highest BCUT2D eigenvalue weighted by Gasteiger charge is 2.09. The van der Waals surface area contributed by atoms with Gasteiger partial charge in [-0.2, -0.15) is 0 Å². The molecule has 0 aliphatic rings. The number of rotatable bonds is 5.